The second-order valence-electron chi connectivity index (χ2n) is 6.24. The number of amides is 1. The fraction of sp³-hybridized carbons (Fsp3) is 0.444. The summed E-state index contributed by atoms with van der Waals surface area (Å²) in [6.45, 7) is 3.24. The first-order chi connectivity index (χ1) is 11.6. The van der Waals surface area contributed by atoms with E-state index in [2.05, 4.69) is 34.3 Å². The van der Waals surface area contributed by atoms with Crippen LogP contribution >= 0.6 is 0 Å². The lowest BCUT2D eigenvalue weighted by Crippen LogP contribution is -2.44. The van der Waals surface area contributed by atoms with Gasteiger partial charge in [-0.05, 0) is 5.56 Å². The van der Waals surface area contributed by atoms with Gasteiger partial charge in [-0.25, -0.2) is 0 Å². The SMILES string of the molecule is CN(C(=O)CC1CN(Cc2ccccc2)CCO1)c1cnn(C)c1. The number of nitrogens with zero attached hydrogens (tertiary/aromatic N) is 4. The molecule has 1 unspecified atom stereocenters. The number of hydrogen-bond acceptors (Lipinski definition) is 4. The molecule has 0 saturated carbocycles. The number of carbonyl (C=O) groups is 1. The number of aromatic nitrogens is 2. The molecular weight excluding hydrogens is 304 g/mol. The first kappa shape index (κ1) is 16.7. The van der Waals surface area contributed by atoms with E-state index in [-0.39, 0.29) is 12.0 Å². The highest BCUT2D eigenvalue weighted by atomic mass is 16.5. The lowest BCUT2D eigenvalue weighted by atomic mass is 10.1. The largest absolute Gasteiger partial charge is 0.375 e. The standard InChI is InChI=1S/C18H24N4O2/c1-20-13-16(11-19-20)21(2)18(23)10-17-14-22(8-9-24-17)12-15-6-4-3-5-7-15/h3-7,11,13,17H,8-10,12,14H2,1-2H3. The van der Waals surface area contributed by atoms with Crippen molar-refractivity contribution in [3.63, 3.8) is 0 Å². The number of benzene rings is 1. The Bertz CT molecular complexity index is 671. The van der Waals surface area contributed by atoms with Gasteiger partial charge in [0.25, 0.3) is 0 Å². The molecule has 1 fully saturated rings. The molecule has 0 spiro atoms. The molecule has 2 aromatic rings. The minimum Gasteiger partial charge on any atom is -0.375 e. The van der Waals surface area contributed by atoms with Crippen LogP contribution in [0.4, 0.5) is 5.69 Å². The number of morpholine rings is 1. The van der Waals surface area contributed by atoms with E-state index in [1.54, 1.807) is 22.8 Å². The van der Waals surface area contributed by atoms with Crippen LogP contribution in [0.1, 0.15) is 12.0 Å². The minimum atomic E-state index is -0.0610. The maximum atomic E-state index is 12.5. The first-order valence-electron chi connectivity index (χ1n) is 8.25. The summed E-state index contributed by atoms with van der Waals surface area (Å²) >= 11 is 0. The maximum absolute atomic E-state index is 12.5. The molecule has 1 amide bonds. The number of carbonyl (C=O) groups excluding carboxylic acids is 1. The third-order valence-corrected chi connectivity index (χ3v) is 4.33. The van der Waals surface area contributed by atoms with Crippen molar-refractivity contribution in [2.24, 2.45) is 7.05 Å². The fourth-order valence-electron chi connectivity index (χ4n) is 2.95. The van der Waals surface area contributed by atoms with E-state index >= 15 is 0 Å². The fourth-order valence-corrected chi connectivity index (χ4v) is 2.95. The number of aryl methyl sites for hydroxylation is 1. The van der Waals surface area contributed by atoms with E-state index in [1.165, 1.54) is 5.56 Å². The van der Waals surface area contributed by atoms with Crippen molar-refractivity contribution in [1.82, 2.24) is 14.7 Å². The van der Waals surface area contributed by atoms with Gasteiger partial charge in [-0.1, -0.05) is 30.3 Å². The Morgan fingerprint density at radius 2 is 2.17 bits per heavy atom. The molecule has 1 aliphatic rings. The summed E-state index contributed by atoms with van der Waals surface area (Å²) in [5.41, 5.74) is 2.09. The van der Waals surface area contributed by atoms with Gasteiger partial charge in [0.05, 0.1) is 31.0 Å². The second-order valence-corrected chi connectivity index (χ2v) is 6.24. The predicted octanol–water partition coefficient (Wildman–Crippen LogP) is 1.67. The average molecular weight is 328 g/mol. The van der Waals surface area contributed by atoms with Crippen LogP contribution in [0.25, 0.3) is 0 Å². The summed E-state index contributed by atoms with van der Waals surface area (Å²) < 4.78 is 7.49. The number of ether oxygens (including phenoxy) is 1. The Morgan fingerprint density at radius 1 is 1.38 bits per heavy atom. The van der Waals surface area contributed by atoms with Crippen LogP contribution in [-0.2, 0) is 23.1 Å². The average Bonchev–Trinajstić information content (AvgIpc) is 3.02. The van der Waals surface area contributed by atoms with Gasteiger partial charge >= 0.3 is 0 Å². The Labute approximate surface area is 142 Å². The van der Waals surface area contributed by atoms with Gasteiger partial charge < -0.3 is 9.64 Å². The van der Waals surface area contributed by atoms with Gasteiger partial charge in [0, 0.05) is 39.9 Å². The lowest BCUT2D eigenvalue weighted by Gasteiger charge is -2.33. The summed E-state index contributed by atoms with van der Waals surface area (Å²) in [5.74, 6) is 0.0505. The summed E-state index contributed by atoms with van der Waals surface area (Å²) in [7, 11) is 3.62. The van der Waals surface area contributed by atoms with Gasteiger partial charge in [-0.3, -0.25) is 14.4 Å². The molecule has 6 heteroatoms. The molecule has 128 valence electrons. The van der Waals surface area contributed by atoms with E-state index in [9.17, 15) is 4.79 Å². The molecule has 24 heavy (non-hydrogen) atoms. The van der Waals surface area contributed by atoms with Crippen LogP contribution in [-0.4, -0.2) is 53.4 Å². The van der Waals surface area contributed by atoms with Crippen LogP contribution < -0.4 is 4.90 Å². The molecule has 0 N–H and O–H groups in total. The van der Waals surface area contributed by atoms with Gasteiger partial charge in [0.1, 0.15) is 0 Å². The van der Waals surface area contributed by atoms with Crippen LogP contribution in [0.3, 0.4) is 0 Å². The monoisotopic (exact) mass is 328 g/mol. The summed E-state index contributed by atoms with van der Waals surface area (Å²) in [6, 6.07) is 10.4. The second kappa shape index (κ2) is 7.59. The van der Waals surface area contributed by atoms with E-state index in [0.717, 1.165) is 25.3 Å². The van der Waals surface area contributed by atoms with Crippen molar-refractivity contribution in [3.05, 3.63) is 48.3 Å². The van der Waals surface area contributed by atoms with Gasteiger partial charge in [0.15, 0.2) is 0 Å². The van der Waals surface area contributed by atoms with Gasteiger partial charge in [-0.2, -0.15) is 5.10 Å². The molecule has 1 saturated heterocycles. The molecule has 1 aliphatic heterocycles. The summed E-state index contributed by atoms with van der Waals surface area (Å²) in [5, 5.41) is 4.11. The molecule has 0 aliphatic carbocycles. The van der Waals surface area contributed by atoms with E-state index in [0.29, 0.717) is 13.0 Å². The Morgan fingerprint density at radius 3 is 2.88 bits per heavy atom. The zero-order chi connectivity index (χ0) is 16.9. The predicted molar refractivity (Wildman–Crippen MR) is 92.7 cm³/mol. The molecule has 1 aromatic carbocycles. The molecule has 1 aromatic heterocycles. The molecule has 1 atom stereocenters. The van der Waals surface area contributed by atoms with E-state index < -0.39 is 0 Å². The molecular formula is C18H24N4O2. The third kappa shape index (κ3) is 4.21. The van der Waals surface area contributed by atoms with Crippen molar-refractivity contribution >= 4 is 11.6 Å². The van der Waals surface area contributed by atoms with Crippen molar-refractivity contribution in [1.29, 1.82) is 0 Å². The normalized spacial score (nSPS) is 18.5. The Balaban J connectivity index is 1.54. The topological polar surface area (TPSA) is 50.6 Å². The first-order valence-corrected chi connectivity index (χ1v) is 8.25. The van der Waals surface area contributed by atoms with Crippen molar-refractivity contribution < 1.29 is 9.53 Å². The van der Waals surface area contributed by atoms with Crippen LogP contribution in [0.5, 0.6) is 0 Å². The molecule has 0 radical (unpaired) electrons. The summed E-state index contributed by atoms with van der Waals surface area (Å²) in [4.78, 5) is 16.5. The van der Waals surface area contributed by atoms with Crippen molar-refractivity contribution in [3.8, 4) is 0 Å². The Hall–Kier alpha value is -2.18. The lowest BCUT2D eigenvalue weighted by molar-refractivity contribution is -0.123. The van der Waals surface area contributed by atoms with Crippen molar-refractivity contribution in [2.45, 2.75) is 19.1 Å². The highest BCUT2D eigenvalue weighted by Crippen LogP contribution is 2.16. The van der Waals surface area contributed by atoms with Crippen molar-refractivity contribution in [2.75, 3.05) is 31.6 Å². The summed E-state index contributed by atoms with van der Waals surface area (Å²) in [6.07, 6.45) is 3.85. The highest BCUT2D eigenvalue weighted by Gasteiger charge is 2.25. The number of anilines is 1. The van der Waals surface area contributed by atoms with E-state index in [1.807, 2.05) is 19.3 Å². The van der Waals surface area contributed by atoms with Gasteiger partial charge in [0.2, 0.25) is 5.91 Å². The highest BCUT2D eigenvalue weighted by molar-refractivity contribution is 5.92. The van der Waals surface area contributed by atoms with E-state index in [4.69, 9.17) is 4.74 Å². The Kier molecular flexibility index (Phi) is 5.27. The number of rotatable bonds is 5. The molecule has 2 heterocycles. The molecule has 3 rings (SSSR count). The van der Waals surface area contributed by atoms with Gasteiger partial charge in [-0.15, -0.1) is 0 Å². The maximum Gasteiger partial charge on any atom is 0.229 e. The number of hydrogen-bond donors (Lipinski definition) is 0. The van der Waals surface area contributed by atoms with Crippen LogP contribution in [0, 0.1) is 0 Å². The smallest absolute Gasteiger partial charge is 0.229 e. The van der Waals surface area contributed by atoms with Crippen LogP contribution in [0.2, 0.25) is 0 Å². The zero-order valence-electron chi connectivity index (χ0n) is 14.3. The van der Waals surface area contributed by atoms with Crippen LogP contribution in [0.15, 0.2) is 42.7 Å². The third-order valence-electron chi connectivity index (χ3n) is 4.33. The zero-order valence-corrected chi connectivity index (χ0v) is 14.3. The quantitative estimate of drug-likeness (QED) is 0.838. The molecule has 6 nitrogen and oxygen atoms in total. The minimum absolute atomic E-state index is 0.0505. The molecule has 0 bridgehead atoms.